The molecular weight excluding hydrogens is 333 g/mol. The van der Waals surface area contributed by atoms with Gasteiger partial charge < -0.3 is 15.4 Å². The van der Waals surface area contributed by atoms with E-state index in [4.69, 9.17) is 4.74 Å². The largest absolute Gasteiger partial charge is 0.496 e. The molecule has 0 bridgehead atoms. The molecule has 1 heterocycles. The Morgan fingerprint density at radius 2 is 1.85 bits per heavy atom. The lowest BCUT2D eigenvalue weighted by Gasteiger charge is -2.10. The second kappa shape index (κ2) is 8.75. The van der Waals surface area contributed by atoms with E-state index in [1.807, 2.05) is 24.3 Å². The number of rotatable bonds is 8. The molecule has 0 atom stereocenters. The number of anilines is 2. The number of benzene rings is 2. The van der Waals surface area contributed by atoms with Crippen LogP contribution in [0.25, 0.3) is 0 Å². The van der Waals surface area contributed by atoms with Crippen molar-refractivity contribution in [2.45, 2.75) is 13.0 Å². The topological polar surface area (TPSA) is 72.0 Å². The second-order valence-electron chi connectivity index (χ2n) is 5.63. The Kier molecular flexibility index (Phi) is 5.92. The van der Waals surface area contributed by atoms with Crippen molar-refractivity contribution in [2.75, 3.05) is 24.3 Å². The van der Waals surface area contributed by atoms with Crippen LogP contribution in [0.3, 0.4) is 0 Å². The molecular formula is C19H20FN5O. The Bertz CT molecular complexity index is 841. The van der Waals surface area contributed by atoms with Gasteiger partial charge in [0.1, 0.15) is 11.6 Å². The minimum Gasteiger partial charge on any atom is -0.496 e. The van der Waals surface area contributed by atoms with Crippen LogP contribution in [0, 0.1) is 5.82 Å². The minimum absolute atomic E-state index is 0.257. The van der Waals surface area contributed by atoms with E-state index in [1.54, 1.807) is 25.4 Å². The molecule has 0 radical (unpaired) electrons. The van der Waals surface area contributed by atoms with Gasteiger partial charge in [-0.3, -0.25) is 0 Å². The van der Waals surface area contributed by atoms with Crippen LogP contribution in [0.5, 0.6) is 5.75 Å². The van der Waals surface area contributed by atoms with E-state index >= 15 is 0 Å². The van der Waals surface area contributed by atoms with Crippen LogP contribution in [-0.2, 0) is 13.0 Å². The molecule has 0 fully saturated rings. The third-order valence-corrected chi connectivity index (χ3v) is 3.82. The second-order valence-corrected chi connectivity index (χ2v) is 5.63. The van der Waals surface area contributed by atoms with E-state index in [2.05, 4.69) is 25.8 Å². The first-order chi connectivity index (χ1) is 12.7. The zero-order valence-corrected chi connectivity index (χ0v) is 14.4. The number of ether oxygens (including phenoxy) is 1. The number of halogens is 1. The fourth-order valence-electron chi connectivity index (χ4n) is 2.48. The van der Waals surface area contributed by atoms with Gasteiger partial charge in [0.25, 0.3) is 0 Å². The van der Waals surface area contributed by atoms with Crippen LogP contribution < -0.4 is 15.4 Å². The van der Waals surface area contributed by atoms with Gasteiger partial charge in [-0.25, -0.2) is 4.39 Å². The number of aromatic nitrogens is 3. The van der Waals surface area contributed by atoms with Crippen molar-refractivity contribution in [3.05, 3.63) is 71.7 Å². The highest BCUT2D eigenvalue weighted by Crippen LogP contribution is 2.17. The number of methoxy groups -OCH3 is 1. The molecule has 26 heavy (non-hydrogen) atoms. The summed E-state index contributed by atoms with van der Waals surface area (Å²) in [6.07, 6.45) is 2.37. The molecule has 0 unspecified atom stereocenters. The van der Waals surface area contributed by atoms with Gasteiger partial charge in [-0.15, -0.1) is 5.10 Å². The number of nitrogens with zero attached hydrogens (tertiary/aromatic N) is 3. The lowest BCUT2D eigenvalue weighted by Crippen LogP contribution is -2.10. The fourth-order valence-corrected chi connectivity index (χ4v) is 2.48. The van der Waals surface area contributed by atoms with Crippen LogP contribution in [0.1, 0.15) is 11.1 Å². The van der Waals surface area contributed by atoms with Crippen molar-refractivity contribution >= 4 is 11.8 Å². The number of para-hydroxylation sites is 1. The lowest BCUT2D eigenvalue weighted by atomic mass is 10.1. The fraction of sp³-hybridized carbons (Fsp3) is 0.211. The Morgan fingerprint density at radius 1 is 1.04 bits per heavy atom. The van der Waals surface area contributed by atoms with Gasteiger partial charge in [0.2, 0.25) is 5.95 Å². The summed E-state index contributed by atoms with van der Waals surface area (Å²) in [7, 11) is 1.67. The maximum absolute atomic E-state index is 12.9. The van der Waals surface area contributed by atoms with Gasteiger partial charge in [0.05, 0.1) is 13.3 Å². The molecule has 1 aromatic heterocycles. The molecule has 0 saturated heterocycles. The first-order valence-corrected chi connectivity index (χ1v) is 8.28. The average molecular weight is 353 g/mol. The first kappa shape index (κ1) is 17.6. The Morgan fingerprint density at radius 3 is 2.65 bits per heavy atom. The summed E-state index contributed by atoms with van der Waals surface area (Å²) in [4.78, 5) is 4.38. The van der Waals surface area contributed by atoms with Gasteiger partial charge in [-0.1, -0.05) is 30.3 Å². The number of hydrogen-bond acceptors (Lipinski definition) is 6. The smallest absolute Gasteiger partial charge is 0.244 e. The predicted octanol–water partition coefficient (Wildman–Crippen LogP) is 3.29. The standard InChI is InChI=1S/C19H20FN5O/c1-26-17-5-3-2-4-15(17)10-11-21-18-13-23-25-19(24-18)22-12-14-6-8-16(20)9-7-14/h2-9,13H,10-12H2,1H3,(H2,21,22,24,25). The maximum Gasteiger partial charge on any atom is 0.244 e. The third kappa shape index (κ3) is 4.89. The molecule has 0 amide bonds. The molecule has 3 rings (SSSR count). The van der Waals surface area contributed by atoms with Gasteiger partial charge in [0.15, 0.2) is 5.82 Å². The quantitative estimate of drug-likeness (QED) is 0.647. The molecule has 2 N–H and O–H groups in total. The summed E-state index contributed by atoms with van der Waals surface area (Å²) in [5, 5.41) is 14.2. The van der Waals surface area contributed by atoms with E-state index in [1.165, 1.54) is 12.1 Å². The van der Waals surface area contributed by atoms with Crippen molar-refractivity contribution < 1.29 is 9.13 Å². The Balaban J connectivity index is 1.53. The molecule has 134 valence electrons. The summed E-state index contributed by atoms with van der Waals surface area (Å²) in [5.74, 6) is 1.66. The zero-order chi connectivity index (χ0) is 18.2. The van der Waals surface area contributed by atoms with Gasteiger partial charge in [-0.2, -0.15) is 10.1 Å². The van der Waals surface area contributed by atoms with Crippen LogP contribution >= 0.6 is 0 Å². The SMILES string of the molecule is COc1ccccc1CCNc1cnnc(NCc2ccc(F)cc2)n1. The summed E-state index contributed by atoms with van der Waals surface area (Å²) in [6.45, 7) is 1.18. The monoisotopic (exact) mass is 353 g/mol. The van der Waals surface area contributed by atoms with Crippen molar-refractivity contribution in [2.24, 2.45) is 0 Å². The lowest BCUT2D eigenvalue weighted by molar-refractivity contribution is 0.410. The molecule has 0 aliphatic carbocycles. The molecule has 2 aromatic carbocycles. The summed E-state index contributed by atoms with van der Waals surface area (Å²) in [5.41, 5.74) is 2.06. The van der Waals surface area contributed by atoms with Crippen molar-refractivity contribution in [1.82, 2.24) is 15.2 Å². The van der Waals surface area contributed by atoms with Gasteiger partial charge >= 0.3 is 0 Å². The molecule has 0 saturated carbocycles. The van der Waals surface area contributed by atoms with Crippen LogP contribution in [0.2, 0.25) is 0 Å². The molecule has 7 heteroatoms. The highest BCUT2D eigenvalue weighted by atomic mass is 19.1. The maximum atomic E-state index is 12.9. The average Bonchev–Trinajstić information content (AvgIpc) is 2.68. The summed E-state index contributed by atoms with van der Waals surface area (Å²) >= 11 is 0. The number of hydrogen-bond donors (Lipinski definition) is 2. The van der Waals surface area contributed by atoms with E-state index < -0.39 is 0 Å². The number of nitrogens with one attached hydrogen (secondary N) is 2. The Labute approximate surface area is 151 Å². The van der Waals surface area contributed by atoms with Crippen LogP contribution in [0.4, 0.5) is 16.2 Å². The van der Waals surface area contributed by atoms with E-state index in [0.29, 0.717) is 24.9 Å². The highest BCUT2D eigenvalue weighted by molar-refractivity contribution is 5.39. The summed E-state index contributed by atoms with van der Waals surface area (Å²) in [6, 6.07) is 14.2. The predicted molar refractivity (Wildman–Crippen MR) is 98.7 cm³/mol. The zero-order valence-electron chi connectivity index (χ0n) is 14.4. The molecule has 0 aliphatic heterocycles. The molecule has 0 aliphatic rings. The Hall–Kier alpha value is -3.22. The van der Waals surface area contributed by atoms with Gasteiger partial charge in [0, 0.05) is 13.1 Å². The van der Waals surface area contributed by atoms with Crippen molar-refractivity contribution in [1.29, 1.82) is 0 Å². The third-order valence-electron chi connectivity index (χ3n) is 3.82. The van der Waals surface area contributed by atoms with Gasteiger partial charge in [-0.05, 0) is 35.7 Å². The summed E-state index contributed by atoms with van der Waals surface area (Å²) < 4.78 is 18.3. The van der Waals surface area contributed by atoms with Crippen molar-refractivity contribution in [3.63, 3.8) is 0 Å². The molecule has 3 aromatic rings. The van der Waals surface area contributed by atoms with Crippen LogP contribution in [-0.4, -0.2) is 28.8 Å². The van der Waals surface area contributed by atoms with E-state index in [-0.39, 0.29) is 5.82 Å². The minimum atomic E-state index is -0.257. The van der Waals surface area contributed by atoms with Crippen molar-refractivity contribution in [3.8, 4) is 5.75 Å². The van der Waals surface area contributed by atoms with Crippen LogP contribution in [0.15, 0.2) is 54.7 Å². The highest BCUT2D eigenvalue weighted by Gasteiger charge is 2.03. The van der Waals surface area contributed by atoms with E-state index in [9.17, 15) is 4.39 Å². The normalized spacial score (nSPS) is 10.4. The van der Waals surface area contributed by atoms with E-state index in [0.717, 1.165) is 23.3 Å². The first-order valence-electron chi connectivity index (χ1n) is 8.28. The molecule has 0 spiro atoms. The molecule has 6 nitrogen and oxygen atoms in total.